The highest BCUT2D eigenvalue weighted by molar-refractivity contribution is 5.26. The predicted octanol–water partition coefficient (Wildman–Crippen LogP) is 3.18. The molecule has 0 spiro atoms. The molecule has 0 radical (unpaired) electrons. The SMILES string of the molecule is CCc1nn(CCOCC(C)C)c(CC)c1CNC(C)C. The van der Waals surface area contributed by atoms with Crippen molar-refractivity contribution in [3.8, 4) is 0 Å². The number of hydrogen-bond acceptors (Lipinski definition) is 3. The molecular weight excluding hydrogens is 262 g/mol. The topological polar surface area (TPSA) is 39.1 Å². The Morgan fingerprint density at radius 2 is 1.86 bits per heavy atom. The molecule has 0 aliphatic carbocycles. The van der Waals surface area contributed by atoms with Gasteiger partial charge in [0.15, 0.2) is 0 Å². The molecule has 1 heterocycles. The van der Waals surface area contributed by atoms with Gasteiger partial charge in [-0.3, -0.25) is 4.68 Å². The van der Waals surface area contributed by atoms with Gasteiger partial charge in [-0.15, -0.1) is 0 Å². The number of aromatic nitrogens is 2. The van der Waals surface area contributed by atoms with Gasteiger partial charge in [0.25, 0.3) is 0 Å². The average Bonchev–Trinajstić information content (AvgIpc) is 2.77. The number of aryl methyl sites for hydroxylation is 1. The van der Waals surface area contributed by atoms with E-state index in [0.717, 1.165) is 39.1 Å². The molecule has 0 atom stereocenters. The van der Waals surface area contributed by atoms with Crippen molar-refractivity contribution in [3.05, 3.63) is 17.0 Å². The minimum Gasteiger partial charge on any atom is -0.379 e. The van der Waals surface area contributed by atoms with Crippen LogP contribution in [0.1, 0.15) is 58.5 Å². The van der Waals surface area contributed by atoms with E-state index in [0.29, 0.717) is 12.0 Å². The zero-order valence-corrected chi connectivity index (χ0v) is 14.7. The molecule has 4 nitrogen and oxygen atoms in total. The molecule has 1 aromatic rings. The number of hydrogen-bond donors (Lipinski definition) is 1. The Bertz CT molecular complexity index is 410. The van der Waals surface area contributed by atoms with Crippen LogP contribution in [0.25, 0.3) is 0 Å². The fourth-order valence-electron chi connectivity index (χ4n) is 2.43. The third-order valence-electron chi connectivity index (χ3n) is 3.51. The van der Waals surface area contributed by atoms with Crippen LogP contribution in [0.3, 0.4) is 0 Å². The Labute approximate surface area is 130 Å². The maximum Gasteiger partial charge on any atom is 0.0669 e. The van der Waals surface area contributed by atoms with Crippen molar-refractivity contribution in [3.63, 3.8) is 0 Å². The van der Waals surface area contributed by atoms with Crippen molar-refractivity contribution >= 4 is 0 Å². The molecule has 1 N–H and O–H groups in total. The lowest BCUT2D eigenvalue weighted by Crippen LogP contribution is -2.23. The summed E-state index contributed by atoms with van der Waals surface area (Å²) in [4.78, 5) is 0. The Morgan fingerprint density at radius 3 is 2.38 bits per heavy atom. The van der Waals surface area contributed by atoms with Crippen molar-refractivity contribution in [2.75, 3.05) is 13.2 Å². The summed E-state index contributed by atoms with van der Waals surface area (Å²) in [5, 5.41) is 8.31. The second-order valence-electron chi connectivity index (χ2n) is 6.31. The Hall–Kier alpha value is -0.870. The zero-order valence-electron chi connectivity index (χ0n) is 14.7. The zero-order chi connectivity index (χ0) is 15.8. The summed E-state index contributed by atoms with van der Waals surface area (Å²) in [5.74, 6) is 0.588. The first-order valence-electron chi connectivity index (χ1n) is 8.38. The fraction of sp³-hybridized carbons (Fsp3) is 0.824. The molecule has 4 heteroatoms. The quantitative estimate of drug-likeness (QED) is 0.674. The molecule has 0 aliphatic rings. The molecule has 0 bridgehead atoms. The second kappa shape index (κ2) is 9.21. The highest BCUT2D eigenvalue weighted by Crippen LogP contribution is 2.16. The van der Waals surface area contributed by atoms with E-state index in [1.54, 1.807) is 0 Å². The largest absolute Gasteiger partial charge is 0.379 e. The van der Waals surface area contributed by atoms with E-state index < -0.39 is 0 Å². The molecule has 21 heavy (non-hydrogen) atoms. The van der Waals surface area contributed by atoms with E-state index in [4.69, 9.17) is 9.84 Å². The molecule has 0 aliphatic heterocycles. The number of ether oxygens (including phenoxy) is 1. The van der Waals surface area contributed by atoms with E-state index in [1.807, 2.05) is 0 Å². The summed E-state index contributed by atoms with van der Waals surface area (Å²) < 4.78 is 7.85. The number of nitrogens with one attached hydrogen (secondary N) is 1. The van der Waals surface area contributed by atoms with Crippen LogP contribution in [-0.2, 0) is 30.7 Å². The van der Waals surface area contributed by atoms with Gasteiger partial charge in [-0.05, 0) is 18.8 Å². The third-order valence-corrected chi connectivity index (χ3v) is 3.51. The van der Waals surface area contributed by atoms with E-state index >= 15 is 0 Å². The maximum absolute atomic E-state index is 5.70. The summed E-state index contributed by atoms with van der Waals surface area (Å²) in [6, 6.07) is 0.497. The van der Waals surface area contributed by atoms with E-state index in [-0.39, 0.29) is 0 Å². The van der Waals surface area contributed by atoms with Crippen molar-refractivity contribution < 1.29 is 4.74 Å². The molecule has 1 rings (SSSR count). The standard InChI is InChI=1S/C17H33N3O/c1-7-16-15(11-18-14(5)6)17(8-2)20(19-16)9-10-21-12-13(3)4/h13-14,18H,7-12H2,1-6H3. The van der Waals surface area contributed by atoms with E-state index in [9.17, 15) is 0 Å². The van der Waals surface area contributed by atoms with Crippen molar-refractivity contribution in [1.82, 2.24) is 15.1 Å². The van der Waals surface area contributed by atoms with Crippen LogP contribution in [0.5, 0.6) is 0 Å². The molecule has 0 fully saturated rings. The van der Waals surface area contributed by atoms with Gasteiger partial charge in [-0.1, -0.05) is 41.5 Å². The van der Waals surface area contributed by atoms with Gasteiger partial charge in [0.1, 0.15) is 0 Å². The first-order valence-corrected chi connectivity index (χ1v) is 8.38. The summed E-state index contributed by atoms with van der Waals surface area (Å²) in [7, 11) is 0. The van der Waals surface area contributed by atoms with Crippen molar-refractivity contribution in [2.24, 2.45) is 5.92 Å². The summed E-state index contributed by atoms with van der Waals surface area (Å²) >= 11 is 0. The molecule has 0 unspecified atom stereocenters. The van der Waals surface area contributed by atoms with Crippen LogP contribution in [0.15, 0.2) is 0 Å². The lowest BCUT2D eigenvalue weighted by Gasteiger charge is -2.11. The van der Waals surface area contributed by atoms with Gasteiger partial charge in [-0.2, -0.15) is 5.10 Å². The molecule has 0 aromatic carbocycles. The van der Waals surface area contributed by atoms with Gasteiger partial charge in [-0.25, -0.2) is 0 Å². The Morgan fingerprint density at radius 1 is 1.14 bits per heavy atom. The van der Waals surface area contributed by atoms with Crippen LogP contribution in [0, 0.1) is 5.92 Å². The highest BCUT2D eigenvalue weighted by atomic mass is 16.5. The van der Waals surface area contributed by atoms with E-state index in [2.05, 4.69) is 51.5 Å². The van der Waals surface area contributed by atoms with Crippen LogP contribution < -0.4 is 5.32 Å². The lowest BCUT2D eigenvalue weighted by atomic mass is 10.1. The van der Waals surface area contributed by atoms with Crippen LogP contribution >= 0.6 is 0 Å². The summed E-state index contributed by atoms with van der Waals surface area (Å²) in [5.41, 5.74) is 3.97. The van der Waals surface area contributed by atoms with Gasteiger partial charge in [0, 0.05) is 30.5 Å². The molecule has 1 aromatic heterocycles. The summed E-state index contributed by atoms with van der Waals surface area (Å²) in [6.07, 6.45) is 2.01. The molecule has 0 amide bonds. The normalized spacial score (nSPS) is 11.8. The van der Waals surface area contributed by atoms with Crippen molar-refractivity contribution in [1.29, 1.82) is 0 Å². The number of rotatable bonds is 10. The smallest absolute Gasteiger partial charge is 0.0669 e. The molecule has 122 valence electrons. The Kier molecular flexibility index (Phi) is 7.97. The van der Waals surface area contributed by atoms with Crippen molar-refractivity contribution in [2.45, 2.75) is 73.5 Å². The Balaban J connectivity index is 2.74. The third kappa shape index (κ3) is 5.79. The maximum atomic E-state index is 5.70. The highest BCUT2D eigenvalue weighted by Gasteiger charge is 2.15. The van der Waals surface area contributed by atoms with Crippen LogP contribution in [0.4, 0.5) is 0 Å². The number of nitrogens with zero attached hydrogens (tertiary/aromatic N) is 2. The van der Waals surface area contributed by atoms with E-state index in [1.165, 1.54) is 17.0 Å². The minimum atomic E-state index is 0.497. The molecular formula is C17H33N3O. The monoisotopic (exact) mass is 295 g/mol. The van der Waals surface area contributed by atoms with Gasteiger partial charge < -0.3 is 10.1 Å². The van der Waals surface area contributed by atoms with Gasteiger partial charge in [0.2, 0.25) is 0 Å². The van der Waals surface area contributed by atoms with Gasteiger partial charge >= 0.3 is 0 Å². The van der Waals surface area contributed by atoms with Crippen LogP contribution in [0.2, 0.25) is 0 Å². The first kappa shape index (κ1) is 18.2. The minimum absolute atomic E-state index is 0.497. The first-order chi connectivity index (χ1) is 9.99. The summed E-state index contributed by atoms with van der Waals surface area (Å²) in [6.45, 7) is 16.4. The molecule has 0 saturated heterocycles. The average molecular weight is 295 g/mol. The predicted molar refractivity (Wildman–Crippen MR) is 88.6 cm³/mol. The lowest BCUT2D eigenvalue weighted by molar-refractivity contribution is 0.100. The van der Waals surface area contributed by atoms with Gasteiger partial charge in [0.05, 0.1) is 18.8 Å². The second-order valence-corrected chi connectivity index (χ2v) is 6.31. The molecule has 0 saturated carbocycles. The fourth-order valence-corrected chi connectivity index (χ4v) is 2.43. The van der Waals surface area contributed by atoms with Crippen LogP contribution in [-0.4, -0.2) is 29.0 Å².